The van der Waals surface area contributed by atoms with Gasteiger partial charge in [-0.1, -0.05) is 24.3 Å². The Morgan fingerprint density at radius 3 is 2.64 bits per heavy atom. The number of piperidine rings is 1. The molecule has 1 aliphatic heterocycles. The predicted molar refractivity (Wildman–Crippen MR) is 100 cm³/mol. The first-order valence-electron chi connectivity index (χ1n) is 8.94. The second-order valence-electron chi connectivity index (χ2n) is 6.66. The number of anilines is 1. The van der Waals surface area contributed by atoms with Crippen LogP contribution in [0.4, 0.5) is 5.69 Å². The van der Waals surface area contributed by atoms with Crippen molar-refractivity contribution < 1.29 is 4.79 Å². The van der Waals surface area contributed by atoms with Gasteiger partial charge >= 0.3 is 0 Å². The van der Waals surface area contributed by atoms with Gasteiger partial charge in [-0.2, -0.15) is 0 Å². The number of nitrogens with zero attached hydrogens (tertiary/aromatic N) is 2. The molecule has 1 aliphatic rings. The number of amides is 1. The number of likely N-dealkylation sites (tertiary alicyclic amines) is 1. The number of rotatable bonds is 6. The summed E-state index contributed by atoms with van der Waals surface area (Å²) in [6.45, 7) is 4.96. The van der Waals surface area contributed by atoms with Gasteiger partial charge in [-0.05, 0) is 56.6 Å². The summed E-state index contributed by atoms with van der Waals surface area (Å²) in [6, 6.07) is 13.9. The van der Waals surface area contributed by atoms with Crippen LogP contribution in [0.3, 0.4) is 0 Å². The Morgan fingerprint density at radius 1 is 1.20 bits per heavy atom. The van der Waals surface area contributed by atoms with Gasteiger partial charge in [0.15, 0.2) is 0 Å². The summed E-state index contributed by atoms with van der Waals surface area (Å²) in [5.41, 5.74) is 2.09. The average molecular weight is 338 g/mol. The number of hydrogen-bond acceptors (Lipinski definition) is 4. The molecule has 0 spiro atoms. The molecule has 0 bridgehead atoms. The fourth-order valence-electron chi connectivity index (χ4n) is 3.21. The van der Waals surface area contributed by atoms with E-state index in [2.05, 4.69) is 26.6 Å². The number of nitrogens with one attached hydrogen (secondary N) is 2. The third-order valence-corrected chi connectivity index (χ3v) is 4.64. The van der Waals surface area contributed by atoms with Crippen molar-refractivity contribution in [1.82, 2.24) is 15.2 Å². The van der Waals surface area contributed by atoms with E-state index in [0.717, 1.165) is 38.2 Å². The maximum Gasteiger partial charge on any atom is 0.241 e. The first-order chi connectivity index (χ1) is 12.2. The lowest BCUT2D eigenvalue weighted by atomic mass is 10.0. The maximum atomic E-state index is 12.3. The second-order valence-corrected chi connectivity index (χ2v) is 6.66. The van der Waals surface area contributed by atoms with E-state index in [-0.39, 0.29) is 11.9 Å². The van der Waals surface area contributed by atoms with Crippen molar-refractivity contribution in [3.8, 4) is 0 Å². The van der Waals surface area contributed by atoms with E-state index in [1.807, 2.05) is 55.7 Å². The van der Waals surface area contributed by atoms with Crippen LogP contribution in [-0.4, -0.2) is 41.0 Å². The zero-order valence-corrected chi connectivity index (χ0v) is 14.7. The molecular formula is C20H26N4O. The molecule has 5 nitrogen and oxygen atoms in total. The molecule has 2 heterocycles. The molecule has 1 amide bonds. The zero-order valence-electron chi connectivity index (χ0n) is 14.7. The number of benzene rings is 1. The van der Waals surface area contributed by atoms with Crippen molar-refractivity contribution in [2.75, 3.05) is 18.4 Å². The predicted octanol–water partition coefficient (Wildman–Crippen LogP) is 2.66. The van der Waals surface area contributed by atoms with Gasteiger partial charge in [0.05, 0.1) is 6.04 Å². The van der Waals surface area contributed by atoms with Gasteiger partial charge in [-0.15, -0.1) is 0 Å². The molecule has 1 atom stereocenters. The fourth-order valence-corrected chi connectivity index (χ4v) is 3.21. The summed E-state index contributed by atoms with van der Waals surface area (Å²) in [4.78, 5) is 18.9. The number of para-hydroxylation sites is 1. The number of pyridine rings is 1. The van der Waals surface area contributed by atoms with E-state index >= 15 is 0 Å². The molecule has 2 aromatic rings. The molecule has 3 rings (SSSR count). The first kappa shape index (κ1) is 17.6. The Bertz CT molecular complexity index is 654. The van der Waals surface area contributed by atoms with Gasteiger partial charge < -0.3 is 10.6 Å². The number of aromatic nitrogens is 1. The molecule has 0 radical (unpaired) electrons. The molecule has 1 fully saturated rings. The van der Waals surface area contributed by atoms with Crippen LogP contribution < -0.4 is 10.6 Å². The summed E-state index contributed by atoms with van der Waals surface area (Å²) < 4.78 is 0. The fraction of sp³-hybridized carbons (Fsp3) is 0.400. The Balaban J connectivity index is 1.41. The molecule has 0 aliphatic carbocycles. The quantitative estimate of drug-likeness (QED) is 0.850. The highest BCUT2D eigenvalue weighted by molar-refractivity contribution is 5.94. The van der Waals surface area contributed by atoms with Crippen molar-refractivity contribution in [2.24, 2.45) is 0 Å². The van der Waals surface area contributed by atoms with Crippen LogP contribution in [0.15, 0.2) is 54.9 Å². The largest absolute Gasteiger partial charge is 0.325 e. The first-order valence-corrected chi connectivity index (χ1v) is 8.94. The van der Waals surface area contributed by atoms with E-state index in [4.69, 9.17) is 0 Å². The highest BCUT2D eigenvalue weighted by Crippen LogP contribution is 2.14. The minimum absolute atomic E-state index is 0.0176. The van der Waals surface area contributed by atoms with E-state index in [9.17, 15) is 4.79 Å². The summed E-state index contributed by atoms with van der Waals surface area (Å²) in [6.07, 6.45) is 5.86. The third-order valence-electron chi connectivity index (χ3n) is 4.64. The molecule has 0 saturated carbocycles. The van der Waals surface area contributed by atoms with Crippen molar-refractivity contribution in [2.45, 2.75) is 38.4 Å². The minimum Gasteiger partial charge on any atom is -0.325 e. The lowest BCUT2D eigenvalue weighted by molar-refractivity contribution is -0.118. The van der Waals surface area contributed by atoms with Crippen molar-refractivity contribution >= 4 is 11.6 Å². The monoisotopic (exact) mass is 338 g/mol. The molecule has 1 aromatic carbocycles. The molecular weight excluding hydrogens is 312 g/mol. The van der Waals surface area contributed by atoms with E-state index in [1.54, 1.807) is 0 Å². The van der Waals surface area contributed by atoms with Gasteiger partial charge in [-0.25, -0.2) is 0 Å². The Labute approximate surface area is 149 Å². The van der Waals surface area contributed by atoms with Crippen LogP contribution in [0.1, 0.15) is 25.3 Å². The lowest BCUT2D eigenvalue weighted by Crippen LogP contribution is -2.48. The minimum atomic E-state index is -0.199. The van der Waals surface area contributed by atoms with Crippen molar-refractivity contribution in [3.63, 3.8) is 0 Å². The van der Waals surface area contributed by atoms with Crippen molar-refractivity contribution in [1.29, 1.82) is 0 Å². The third kappa shape index (κ3) is 5.37. The molecule has 2 N–H and O–H groups in total. The van der Waals surface area contributed by atoms with Crippen LogP contribution in [0, 0.1) is 0 Å². The van der Waals surface area contributed by atoms with Gasteiger partial charge in [0.25, 0.3) is 0 Å². The molecule has 5 heteroatoms. The van der Waals surface area contributed by atoms with Crippen LogP contribution in [-0.2, 0) is 11.3 Å². The maximum absolute atomic E-state index is 12.3. The van der Waals surface area contributed by atoms with E-state index < -0.39 is 0 Å². The average Bonchev–Trinajstić information content (AvgIpc) is 2.65. The van der Waals surface area contributed by atoms with Crippen LogP contribution in [0.25, 0.3) is 0 Å². The molecule has 25 heavy (non-hydrogen) atoms. The SMILES string of the molecule is C[C@@H](NC1CCN(Cc2cccnc2)CC1)C(=O)Nc1ccccc1. The summed E-state index contributed by atoms with van der Waals surface area (Å²) in [5, 5.41) is 6.43. The van der Waals surface area contributed by atoms with Crippen LogP contribution in [0.5, 0.6) is 0 Å². The van der Waals surface area contributed by atoms with Gasteiger partial charge in [0, 0.05) is 30.7 Å². The Morgan fingerprint density at radius 2 is 1.96 bits per heavy atom. The highest BCUT2D eigenvalue weighted by Gasteiger charge is 2.23. The van der Waals surface area contributed by atoms with Crippen LogP contribution >= 0.6 is 0 Å². The van der Waals surface area contributed by atoms with Gasteiger partial charge in [0.2, 0.25) is 5.91 Å². The lowest BCUT2D eigenvalue weighted by Gasteiger charge is -2.33. The molecule has 132 valence electrons. The standard InChI is InChI=1S/C20H26N4O/c1-16(20(25)23-18-7-3-2-4-8-18)22-19-9-12-24(13-10-19)15-17-6-5-11-21-14-17/h2-8,11,14,16,19,22H,9-10,12-13,15H2,1H3,(H,23,25)/t16-/m1/s1. The van der Waals surface area contributed by atoms with Gasteiger partial charge in [-0.3, -0.25) is 14.7 Å². The smallest absolute Gasteiger partial charge is 0.241 e. The highest BCUT2D eigenvalue weighted by atomic mass is 16.2. The molecule has 1 aromatic heterocycles. The topological polar surface area (TPSA) is 57.3 Å². The zero-order chi connectivity index (χ0) is 17.5. The van der Waals surface area contributed by atoms with E-state index in [1.165, 1.54) is 5.56 Å². The summed E-state index contributed by atoms with van der Waals surface area (Å²) in [7, 11) is 0. The number of hydrogen-bond donors (Lipinski definition) is 2. The Kier molecular flexibility index (Phi) is 6.14. The summed E-state index contributed by atoms with van der Waals surface area (Å²) in [5.74, 6) is 0.0176. The van der Waals surface area contributed by atoms with Gasteiger partial charge in [0.1, 0.15) is 0 Å². The van der Waals surface area contributed by atoms with E-state index in [0.29, 0.717) is 6.04 Å². The second kappa shape index (κ2) is 8.74. The number of carbonyl (C=O) groups is 1. The number of carbonyl (C=O) groups excluding carboxylic acids is 1. The normalized spacial score (nSPS) is 17.2. The van der Waals surface area contributed by atoms with Crippen molar-refractivity contribution in [3.05, 3.63) is 60.4 Å². The Hall–Kier alpha value is -2.24. The summed E-state index contributed by atoms with van der Waals surface area (Å²) >= 11 is 0. The molecule has 0 unspecified atom stereocenters. The molecule has 1 saturated heterocycles. The van der Waals surface area contributed by atoms with Crippen LogP contribution in [0.2, 0.25) is 0 Å².